The molecule has 2 atom stereocenters. The van der Waals surface area contributed by atoms with Crippen LogP contribution in [0.4, 0.5) is 0 Å². The van der Waals surface area contributed by atoms with Crippen LogP contribution in [0.2, 0.25) is 0 Å². The Kier molecular flexibility index (Phi) is 12.3. The first kappa shape index (κ1) is 29.3. The Hall–Kier alpha value is -3.21. The number of carbonyl (C=O) groups is 1. The van der Waals surface area contributed by atoms with Crippen LogP contribution in [-0.2, 0) is 16.0 Å². The second kappa shape index (κ2) is 15.9. The molecule has 0 fully saturated rings. The van der Waals surface area contributed by atoms with Crippen molar-refractivity contribution in [2.24, 2.45) is 0 Å². The van der Waals surface area contributed by atoms with Gasteiger partial charge in [-0.2, -0.15) is 0 Å². The van der Waals surface area contributed by atoms with Crippen molar-refractivity contribution in [3.05, 3.63) is 66.5 Å². The Labute approximate surface area is 229 Å². The maximum absolute atomic E-state index is 11.7. The van der Waals surface area contributed by atoms with E-state index in [1.807, 2.05) is 57.4 Å². The largest absolute Gasteiger partial charge is 0.491 e. The van der Waals surface area contributed by atoms with Crippen molar-refractivity contribution in [2.75, 3.05) is 0 Å². The Morgan fingerprint density at radius 3 is 2.03 bits per heavy atom. The van der Waals surface area contributed by atoms with Crippen LogP contribution < -0.4 is 4.74 Å². The molecule has 5 heteroatoms. The summed E-state index contributed by atoms with van der Waals surface area (Å²) in [5.41, 5.74) is 4.41. The van der Waals surface area contributed by atoms with Gasteiger partial charge in [0.25, 0.3) is 0 Å². The second-order valence-electron chi connectivity index (χ2n) is 10.2. The summed E-state index contributed by atoms with van der Waals surface area (Å²) in [4.78, 5) is 20.9. The van der Waals surface area contributed by atoms with Gasteiger partial charge in [0.1, 0.15) is 11.9 Å². The molecule has 3 rings (SSSR count). The summed E-state index contributed by atoms with van der Waals surface area (Å²) in [6.45, 7) is 8.13. The number of benzene rings is 2. The highest BCUT2D eigenvalue weighted by Gasteiger charge is 2.14. The van der Waals surface area contributed by atoms with Crippen molar-refractivity contribution in [3.63, 3.8) is 0 Å². The molecule has 0 aliphatic carbocycles. The molecule has 0 spiro atoms. The molecule has 38 heavy (non-hydrogen) atoms. The van der Waals surface area contributed by atoms with Crippen LogP contribution >= 0.6 is 0 Å². The third-order valence-electron chi connectivity index (χ3n) is 6.66. The Balaban J connectivity index is 1.48. The standard InChI is InChI=1S/C33H44N2O3/c1-5-7-8-9-10-11-13-27-14-16-29(17-15-27)33-34-23-30(24-35-33)28-18-20-31(21-19-28)37-25(3)22-26(4)38-32(36)12-6-2/h14-21,23-26H,5-13,22H2,1-4H3/t25-,26-/m0/s1. The normalized spacial score (nSPS) is 12.6. The lowest BCUT2D eigenvalue weighted by Gasteiger charge is -2.19. The SMILES string of the molecule is CCCCCCCCc1ccc(-c2ncc(-c3ccc(O[C@@H](C)C[C@H](C)OC(=O)CCC)cc3)cn2)cc1. The van der Waals surface area contributed by atoms with Crippen molar-refractivity contribution in [3.8, 4) is 28.3 Å². The van der Waals surface area contributed by atoms with Crippen LogP contribution in [0.5, 0.6) is 5.75 Å². The lowest BCUT2D eigenvalue weighted by molar-refractivity contribution is -0.149. The fourth-order valence-electron chi connectivity index (χ4n) is 4.57. The van der Waals surface area contributed by atoms with E-state index in [1.165, 1.54) is 44.1 Å². The number of hydrogen-bond acceptors (Lipinski definition) is 5. The van der Waals surface area contributed by atoms with E-state index in [0.717, 1.165) is 41.1 Å². The van der Waals surface area contributed by atoms with Crippen molar-refractivity contribution in [2.45, 2.75) is 104 Å². The highest BCUT2D eigenvalue weighted by atomic mass is 16.5. The maximum atomic E-state index is 11.7. The molecule has 0 saturated heterocycles. The number of ether oxygens (including phenoxy) is 2. The zero-order valence-corrected chi connectivity index (χ0v) is 23.6. The Morgan fingerprint density at radius 2 is 1.37 bits per heavy atom. The molecule has 3 aromatic rings. The van der Waals surface area contributed by atoms with E-state index in [-0.39, 0.29) is 18.2 Å². The molecule has 1 heterocycles. The molecular formula is C33H44N2O3. The number of carbonyl (C=O) groups excluding carboxylic acids is 1. The lowest BCUT2D eigenvalue weighted by atomic mass is 10.0. The van der Waals surface area contributed by atoms with Crippen LogP contribution in [0, 0.1) is 0 Å². The Morgan fingerprint density at radius 1 is 0.737 bits per heavy atom. The van der Waals surface area contributed by atoms with E-state index in [9.17, 15) is 4.79 Å². The van der Waals surface area contributed by atoms with E-state index in [4.69, 9.17) is 9.47 Å². The number of nitrogens with zero attached hydrogens (tertiary/aromatic N) is 2. The summed E-state index contributed by atoms with van der Waals surface area (Å²) in [6.07, 6.45) is 14.5. The maximum Gasteiger partial charge on any atom is 0.306 e. The predicted molar refractivity (Wildman–Crippen MR) is 155 cm³/mol. The predicted octanol–water partition coefficient (Wildman–Crippen LogP) is 8.60. The highest BCUT2D eigenvalue weighted by Crippen LogP contribution is 2.24. The summed E-state index contributed by atoms with van der Waals surface area (Å²) in [5, 5.41) is 0. The minimum absolute atomic E-state index is 0.0647. The molecule has 0 radical (unpaired) electrons. The molecule has 0 N–H and O–H groups in total. The van der Waals surface area contributed by atoms with Crippen molar-refractivity contribution >= 4 is 5.97 Å². The van der Waals surface area contributed by atoms with E-state index >= 15 is 0 Å². The first-order chi connectivity index (χ1) is 18.5. The van der Waals surface area contributed by atoms with Crippen LogP contribution in [-0.4, -0.2) is 28.1 Å². The molecule has 2 aromatic carbocycles. The van der Waals surface area contributed by atoms with E-state index in [1.54, 1.807) is 0 Å². The molecule has 0 aliphatic rings. The second-order valence-corrected chi connectivity index (χ2v) is 10.2. The van der Waals surface area contributed by atoms with Crippen molar-refractivity contribution in [1.29, 1.82) is 0 Å². The number of unbranched alkanes of at least 4 members (excludes halogenated alkanes) is 5. The highest BCUT2D eigenvalue weighted by molar-refractivity contribution is 5.69. The molecule has 0 aliphatic heterocycles. The van der Waals surface area contributed by atoms with Gasteiger partial charge in [0, 0.05) is 36.4 Å². The smallest absolute Gasteiger partial charge is 0.306 e. The first-order valence-electron chi connectivity index (χ1n) is 14.4. The quantitative estimate of drug-likeness (QED) is 0.141. The minimum Gasteiger partial charge on any atom is -0.491 e. The van der Waals surface area contributed by atoms with Crippen LogP contribution in [0.15, 0.2) is 60.9 Å². The summed E-state index contributed by atoms with van der Waals surface area (Å²) in [5.74, 6) is 1.37. The third-order valence-corrected chi connectivity index (χ3v) is 6.66. The van der Waals surface area contributed by atoms with Gasteiger partial charge in [0.15, 0.2) is 5.82 Å². The molecule has 0 saturated carbocycles. The van der Waals surface area contributed by atoms with Crippen molar-refractivity contribution in [1.82, 2.24) is 9.97 Å². The average Bonchev–Trinajstić information content (AvgIpc) is 2.91. The molecule has 0 amide bonds. The van der Waals surface area contributed by atoms with Gasteiger partial charge >= 0.3 is 5.97 Å². The zero-order valence-electron chi connectivity index (χ0n) is 23.6. The van der Waals surface area contributed by atoms with E-state index in [2.05, 4.69) is 41.2 Å². The molecule has 1 aromatic heterocycles. The van der Waals surface area contributed by atoms with Crippen LogP contribution in [0.1, 0.15) is 91.0 Å². The molecule has 0 bridgehead atoms. The van der Waals surface area contributed by atoms with Gasteiger partial charge in [0.2, 0.25) is 0 Å². The van der Waals surface area contributed by atoms with Gasteiger partial charge in [0.05, 0.1) is 6.10 Å². The number of aryl methyl sites for hydroxylation is 1. The Bertz CT molecular complexity index is 1080. The van der Waals surface area contributed by atoms with Gasteiger partial charge in [-0.1, -0.05) is 82.3 Å². The summed E-state index contributed by atoms with van der Waals surface area (Å²) in [6, 6.07) is 16.6. The zero-order chi connectivity index (χ0) is 27.2. The third kappa shape index (κ3) is 9.92. The molecular weight excluding hydrogens is 472 g/mol. The van der Waals surface area contributed by atoms with Gasteiger partial charge in [-0.3, -0.25) is 4.79 Å². The molecule has 204 valence electrons. The fraction of sp³-hybridized carbons (Fsp3) is 0.485. The molecule has 5 nitrogen and oxygen atoms in total. The average molecular weight is 517 g/mol. The number of esters is 1. The van der Waals surface area contributed by atoms with Gasteiger partial charge < -0.3 is 9.47 Å². The van der Waals surface area contributed by atoms with Gasteiger partial charge in [-0.15, -0.1) is 0 Å². The lowest BCUT2D eigenvalue weighted by Crippen LogP contribution is -2.23. The topological polar surface area (TPSA) is 61.3 Å². The summed E-state index contributed by atoms with van der Waals surface area (Å²) >= 11 is 0. The van der Waals surface area contributed by atoms with Gasteiger partial charge in [-0.05, 0) is 56.4 Å². The van der Waals surface area contributed by atoms with Gasteiger partial charge in [-0.25, -0.2) is 9.97 Å². The van der Waals surface area contributed by atoms with Crippen LogP contribution in [0.3, 0.4) is 0 Å². The summed E-state index contributed by atoms with van der Waals surface area (Å²) in [7, 11) is 0. The molecule has 0 unspecified atom stereocenters. The number of aromatic nitrogens is 2. The van der Waals surface area contributed by atoms with Crippen molar-refractivity contribution < 1.29 is 14.3 Å². The first-order valence-corrected chi connectivity index (χ1v) is 14.4. The number of rotatable bonds is 16. The van der Waals surface area contributed by atoms with Crippen LogP contribution in [0.25, 0.3) is 22.5 Å². The minimum atomic E-state index is -0.171. The monoisotopic (exact) mass is 516 g/mol. The van der Waals surface area contributed by atoms with E-state index < -0.39 is 0 Å². The fourth-order valence-corrected chi connectivity index (χ4v) is 4.57. The van der Waals surface area contributed by atoms with E-state index in [0.29, 0.717) is 12.8 Å². The number of hydrogen-bond donors (Lipinski definition) is 0. The summed E-state index contributed by atoms with van der Waals surface area (Å²) < 4.78 is 11.4.